The number of quaternary nitrogens is 1. The van der Waals surface area contributed by atoms with Crippen molar-refractivity contribution in [3.63, 3.8) is 0 Å². The van der Waals surface area contributed by atoms with Crippen molar-refractivity contribution < 1.29 is 5.32 Å². The summed E-state index contributed by atoms with van der Waals surface area (Å²) in [7, 11) is 0. The topological polar surface area (TPSA) is 16.6 Å². The highest BCUT2D eigenvalue weighted by Gasteiger charge is 2.23. The van der Waals surface area contributed by atoms with Crippen LogP contribution in [-0.2, 0) is 0 Å². The molecule has 2 aliphatic rings. The summed E-state index contributed by atoms with van der Waals surface area (Å²) in [5.41, 5.74) is 0. The third-order valence-electron chi connectivity index (χ3n) is 3.64. The third kappa shape index (κ3) is 2.22. The molecule has 2 rings (SSSR count). The third-order valence-corrected chi connectivity index (χ3v) is 3.64. The molecule has 2 fully saturated rings. The van der Waals surface area contributed by atoms with Gasteiger partial charge in [-0.3, -0.25) is 0 Å². The average Bonchev–Trinajstić information content (AvgIpc) is 2.59. The van der Waals surface area contributed by atoms with Crippen molar-refractivity contribution in [3.05, 3.63) is 0 Å². The van der Waals surface area contributed by atoms with Crippen molar-refractivity contribution >= 4 is 0 Å². The Labute approximate surface area is 75.9 Å². The van der Waals surface area contributed by atoms with E-state index in [0.29, 0.717) is 0 Å². The van der Waals surface area contributed by atoms with Gasteiger partial charge in [-0.05, 0) is 5.92 Å². The van der Waals surface area contributed by atoms with E-state index in [2.05, 4.69) is 5.32 Å². The van der Waals surface area contributed by atoms with E-state index in [1.54, 1.807) is 0 Å². The maximum atomic E-state index is 2.58. The number of hydrogen-bond donors (Lipinski definition) is 1. The number of nitrogens with two attached hydrogens (primary N) is 1. The Kier molecular flexibility index (Phi) is 3.04. The quantitative estimate of drug-likeness (QED) is 0.646. The molecule has 1 saturated heterocycles. The molecular weight excluding hydrogens is 146 g/mol. The zero-order valence-corrected chi connectivity index (χ0v) is 8.10. The van der Waals surface area contributed by atoms with E-state index in [1.165, 1.54) is 57.9 Å². The Morgan fingerprint density at radius 2 is 1.75 bits per heavy atom. The van der Waals surface area contributed by atoms with E-state index in [-0.39, 0.29) is 0 Å². The summed E-state index contributed by atoms with van der Waals surface area (Å²) in [5.74, 6) is 1.10. The standard InChI is InChI=1S/C11H21N/c1-2-5-10(6-3-1)9-11-7-4-8-12-11/h10-12H,1-9H2/p+1/t11-/m0/s1. The Morgan fingerprint density at radius 1 is 0.917 bits per heavy atom. The second kappa shape index (κ2) is 4.27. The van der Waals surface area contributed by atoms with Gasteiger partial charge in [0.15, 0.2) is 0 Å². The second-order valence-electron chi connectivity index (χ2n) is 4.67. The Morgan fingerprint density at radius 3 is 2.42 bits per heavy atom. The maximum Gasteiger partial charge on any atom is 0.0864 e. The van der Waals surface area contributed by atoms with Gasteiger partial charge in [0.2, 0.25) is 0 Å². The van der Waals surface area contributed by atoms with Gasteiger partial charge in [-0.2, -0.15) is 0 Å². The van der Waals surface area contributed by atoms with Crippen LogP contribution in [0.1, 0.15) is 51.4 Å². The van der Waals surface area contributed by atoms with Gasteiger partial charge in [-0.1, -0.05) is 32.1 Å². The summed E-state index contributed by atoms with van der Waals surface area (Å²) >= 11 is 0. The summed E-state index contributed by atoms with van der Waals surface area (Å²) in [6.07, 6.45) is 12.1. The highest BCUT2D eigenvalue weighted by atomic mass is 14.9. The molecule has 0 bridgehead atoms. The van der Waals surface area contributed by atoms with Crippen molar-refractivity contribution in [2.45, 2.75) is 57.4 Å². The molecule has 1 aliphatic heterocycles. The number of rotatable bonds is 2. The lowest BCUT2D eigenvalue weighted by Crippen LogP contribution is -2.86. The lowest BCUT2D eigenvalue weighted by Gasteiger charge is -2.22. The molecular formula is C11H22N+. The average molecular weight is 168 g/mol. The van der Waals surface area contributed by atoms with Crippen LogP contribution in [0.15, 0.2) is 0 Å². The zero-order chi connectivity index (χ0) is 8.23. The van der Waals surface area contributed by atoms with Gasteiger partial charge in [-0.15, -0.1) is 0 Å². The predicted molar refractivity (Wildman–Crippen MR) is 51.0 cm³/mol. The monoisotopic (exact) mass is 168 g/mol. The van der Waals surface area contributed by atoms with Gasteiger partial charge in [0.1, 0.15) is 0 Å². The molecule has 1 heteroatoms. The minimum absolute atomic E-state index is 1.01. The van der Waals surface area contributed by atoms with Gasteiger partial charge >= 0.3 is 0 Å². The van der Waals surface area contributed by atoms with Gasteiger partial charge in [-0.25, -0.2) is 0 Å². The first-order valence-electron chi connectivity index (χ1n) is 5.78. The van der Waals surface area contributed by atoms with E-state index >= 15 is 0 Å². The first-order valence-corrected chi connectivity index (χ1v) is 5.78. The van der Waals surface area contributed by atoms with Gasteiger partial charge < -0.3 is 5.32 Å². The maximum absolute atomic E-state index is 2.58. The molecule has 2 N–H and O–H groups in total. The molecule has 0 aromatic carbocycles. The van der Waals surface area contributed by atoms with Gasteiger partial charge in [0.05, 0.1) is 12.6 Å². The normalized spacial score (nSPS) is 32.5. The minimum Gasteiger partial charge on any atom is -0.344 e. The molecule has 12 heavy (non-hydrogen) atoms. The van der Waals surface area contributed by atoms with E-state index in [0.717, 1.165) is 12.0 Å². The molecule has 70 valence electrons. The van der Waals surface area contributed by atoms with Crippen molar-refractivity contribution in [3.8, 4) is 0 Å². The zero-order valence-electron chi connectivity index (χ0n) is 8.10. The number of hydrogen-bond acceptors (Lipinski definition) is 0. The SMILES string of the molecule is C1CCC(C[C@@H]2CCC[NH2+]2)CC1. The second-order valence-corrected chi connectivity index (χ2v) is 4.67. The molecule has 0 radical (unpaired) electrons. The van der Waals surface area contributed by atoms with E-state index < -0.39 is 0 Å². The van der Waals surface area contributed by atoms with Crippen LogP contribution in [0.5, 0.6) is 0 Å². The van der Waals surface area contributed by atoms with Crippen LogP contribution in [0.4, 0.5) is 0 Å². The molecule has 1 atom stereocenters. The molecule has 0 amide bonds. The summed E-state index contributed by atoms with van der Waals surface area (Å²) in [4.78, 5) is 0. The Hall–Kier alpha value is -0.0400. The Balaban J connectivity index is 1.69. The first kappa shape index (κ1) is 8.55. The molecule has 0 spiro atoms. The van der Waals surface area contributed by atoms with Crippen LogP contribution in [-0.4, -0.2) is 12.6 Å². The summed E-state index contributed by atoms with van der Waals surface area (Å²) in [6.45, 7) is 1.40. The van der Waals surface area contributed by atoms with Crippen LogP contribution in [0.3, 0.4) is 0 Å². The minimum atomic E-state index is 1.01. The predicted octanol–water partition coefficient (Wildman–Crippen LogP) is 1.68. The molecule has 0 aromatic rings. The van der Waals surface area contributed by atoms with E-state index in [9.17, 15) is 0 Å². The first-order chi connectivity index (χ1) is 5.95. The molecule has 0 unspecified atom stereocenters. The summed E-state index contributed by atoms with van der Waals surface area (Å²) in [6, 6.07) is 1.01. The Bertz CT molecular complexity index is 121. The van der Waals surface area contributed by atoms with Crippen LogP contribution in [0.25, 0.3) is 0 Å². The fraction of sp³-hybridized carbons (Fsp3) is 1.00. The molecule has 1 aliphatic carbocycles. The lowest BCUT2D eigenvalue weighted by atomic mass is 9.84. The van der Waals surface area contributed by atoms with E-state index in [1.807, 2.05) is 0 Å². The van der Waals surface area contributed by atoms with Crippen molar-refractivity contribution in [2.75, 3.05) is 6.54 Å². The van der Waals surface area contributed by atoms with Crippen LogP contribution in [0.2, 0.25) is 0 Å². The summed E-state index contributed by atoms with van der Waals surface area (Å²) in [5, 5.41) is 2.58. The van der Waals surface area contributed by atoms with Gasteiger partial charge in [0, 0.05) is 19.3 Å². The highest BCUT2D eigenvalue weighted by molar-refractivity contribution is 4.70. The highest BCUT2D eigenvalue weighted by Crippen LogP contribution is 2.27. The lowest BCUT2D eigenvalue weighted by molar-refractivity contribution is -0.671. The van der Waals surface area contributed by atoms with E-state index in [4.69, 9.17) is 0 Å². The fourth-order valence-corrected chi connectivity index (χ4v) is 2.92. The fourth-order valence-electron chi connectivity index (χ4n) is 2.92. The summed E-state index contributed by atoms with van der Waals surface area (Å²) < 4.78 is 0. The molecule has 1 heterocycles. The largest absolute Gasteiger partial charge is 0.344 e. The van der Waals surface area contributed by atoms with Crippen LogP contribution in [0, 0.1) is 5.92 Å². The molecule has 1 nitrogen and oxygen atoms in total. The van der Waals surface area contributed by atoms with Crippen molar-refractivity contribution in [1.29, 1.82) is 0 Å². The van der Waals surface area contributed by atoms with Gasteiger partial charge in [0.25, 0.3) is 0 Å². The van der Waals surface area contributed by atoms with Crippen LogP contribution >= 0.6 is 0 Å². The molecule has 1 saturated carbocycles. The van der Waals surface area contributed by atoms with Crippen molar-refractivity contribution in [1.82, 2.24) is 0 Å². The molecule has 0 aromatic heterocycles. The smallest absolute Gasteiger partial charge is 0.0864 e. The van der Waals surface area contributed by atoms with Crippen LogP contribution < -0.4 is 5.32 Å². The van der Waals surface area contributed by atoms with Crippen molar-refractivity contribution in [2.24, 2.45) is 5.92 Å².